The minimum Gasteiger partial charge on any atom is -0.479 e. The molecule has 12 nitrogen and oxygen atoms in total. The molecular weight excluding hydrogens is 417 g/mol. The molecule has 0 aromatic carbocycles. The molecule has 8 N–H and O–H groups in total. The number of nitrogens with two attached hydrogens (primary N) is 2. The quantitative estimate of drug-likeness (QED) is 0.179. The van der Waals surface area contributed by atoms with Gasteiger partial charge < -0.3 is 31.9 Å². The predicted molar refractivity (Wildman–Crippen MR) is 109 cm³/mol. The van der Waals surface area contributed by atoms with E-state index in [4.69, 9.17) is 21.5 Å². The second kappa shape index (κ2) is 9.46. The average Bonchev–Trinajstić information content (AvgIpc) is 3.21. The second-order valence-corrected chi connectivity index (χ2v) is 10.0. The number of aliphatic carboxylic acids is 1. The third kappa shape index (κ3) is 5.12. The molecule has 30 heavy (non-hydrogen) atoms. The van der Waals surface area contributed by atoms with Crippen LogP contribution >= 0.6 is 0 Å². The third-order valence-electron chi connectivity index (χ3n) is 5.81. The lowest BCUT2D eigenvalue weighted by Crippen LogP contribution is -2.62. The monoisotopic (exact) mass is 449 g/mol. The van der Waals surface area contributed by atoms with Gasteiger partial charge in [0.2, 0.25) is 5.91 Å². The smallest absolute Gasteiger partial charge is 0.451 e. The minimum absolute atomic E-state index is 0.00179. The Hall–Kier alpha value is -1.29. The van der Waals surface area contributed by atoms with E-state index < -0.39 is 53.2 Å². The molecule has 0 bridgehead atoms. The van der Waals surface area contributed by atoms with Crippen LogP contribution in [0.2, 0.25) is 6.32 Å². The second-order valence-electron chi connectivity index (χ2n) is 8.13. The Morgan fingerprint density at radius 2 is 2.00 bits per heavy atom. The SMILES string of the molecule is CCN([C@@H]1C[C@H]1N)S(=O)(=O)N1C[C@H](CCCB(O)O)[C@](NC(=O)[C@H](C)N)(C(=O)O)C1. The van der Waals surface area contributed by atoms with E-state index in [0.717, 1.165) is 4.31 Å². The van der Waals surface area contributed by atoms with E-state index in [0.29, 0.717) is 6.42 Å². The molecule has 2 fully saturated rings. The lowest BCUT2D eigenvalue weighted by atomic mass is 9.78. The summed E-state index contributed by atoms with van der Waals surface area (Å²) in [6.07, 6.45) is 0.941. The number of nitrogens with zero attached hydrogens (tertiary/aromatic N) is 2. The zero-order valence-electron chi connectivity index (χ0n) is 17.3. The predicted octanol–water partition coefficient (Wildman–Crippen LogP) is -2.88. The molecule has 0 aromatic heterocycles. The third-order valence-corrected chi connectivity index (χ3v) is 7.86. The van der Waals surface area contributed by atoms with E-state index in [1.54, 1.807) is 6.92 Å². The fourth-order valence-corrected chi connectivity index (χ4v) is 5.90. The van der Waals surface area contributed by atoms with Crippen LogP contribution in [-0.4, -0.2) is 94.5 Å². The summed E-state index contributed by atoms with van der Waals surface area (Å²) in [5.41, 5.74) is 9.54. The molecule has 1 aliphatic carbocycles. The number of nitrogens with one attached hydrogen (secondary N) is 1. The van der Waals surface area contributed by atoms with Gasteiger partial charge in [-0.2, -0.15) is 17.0 Å². The molecule has 0 spiro atoms. The summed E-state index contributed by atoms with van der Waals surface area (Å²) in [4.78, 5) is 24.6. The molecule has 2 rings (SSSR count). The summed E-state index contributed by atoms with van der Waals surface area (Å²) >= 11 is 0. The van der Waals surface area contributed by atoms with Gasteiger partial charge in [0.1, 0.15) is 0 Å². The minimum atomic E-state index is -4.01. The highest BCUT2D eigenvalue weighted by Crippen LogP contribution is 2.37. The topological polar surface area (TPSA) is 200 Å². The van der Waals surface area contributed by atoms with Crippen LogP contribution in [0.5, 0.6) is 0 Å². The Balaban J connectivity index is 2.34. The zero-order chi connectivity index (χ0) is 22.9. The van der Waals surface area contributed by atoms with Crippen LogP contribution < -0.4 is 16.8 Å². The number of amides is 1. The van der Waals surface area contributed by atoms with E-state index in [-0.39, 0.29) is 44.3 Å². The van der Waals surface area contributed by atoms with Crippen molar-refractivity contribution in [1.29, 1.82) is 0 Å². The Kier molecular flexibility index (Phi) is 7.88. The van der Waals surface area contributed by atoms with Gasteiger partial charge in [-0.25, -0.2) is 4.79 Å². The molecule has 1 heterocycles. The van der Waals surface area contributed by atoms with Gasteiger partial charge in [-0.1, -0.05) is 13.3 Å². The summed E-state index contributed by atoms with van der Waals surface area (Å²) in [7, 11) is -5.57. The van der Waals surface area contributed by atoms with Crippen molar-refractivity contribution >= 4 is 29.2 Å². The lowest BCUT2D eigenvalue weighted by molar-refractivity contribution is -0.149. The van der Waals surface area contributed by atoms with Crippen molar-refractivity contribution in [3.8, 4) is 0 Å². The summed E-state index contributed by atoms with van der Waals surface area (Å²) in [5.74, 6) is -2.85. The van der Waals surface area contributed by atoms with E-state index >= 15 is 0 Å². The fourth-order valence-electron chi connectivity index (χ4n) is 3.95. The van der Waals surface area contributed by atoms with E-state index in [1.807, 2.05) is 0 Å². The summed E-state index contributed by atoms with van der Waals surface area (Å²) in [6.45, 7) is 2.69. The van der Waals surface area contributed by atoms with Gasteiger partial charge in [-0.3, -0.25) is 4.79 Å². The van der Waals surface area contributed by atoms with Crippen LogP contribution in [0.1, 0.15) is 33.1 Å². The number of likely N-dealkylation sites (N-methyl/N-ethyl adjacent to an activating group) is 1. The molecule has 2 aliphatic rings. The van der Waals surface area contributed by atoms with Gasteiger partial charge in [-0.05, 0) is 26.1 Å². The van der Waals surface area contributed by atoms with Crippen LogP contribution in [0.15, 0.2) is 0 Å². The fraction of sp³-hybridized carbons (Fsp3) is 0.875. The molecular formula is C16H32BN5O7S. The molecule has 0 radical (unpaired) electrons. The molecule has 1 amide bonds. The number of carboxylic acid groups (broad SMARTS) is 1. The largest absolute Gasteiger partial charge is 0.479 e. The van der Waals surface area contributed by atoms with E-state index in [9.17, 15) is 23.1 Å². The number of hydrogen-bond acceptors (Lipinski definition) is 8. The Morgan fingerprint density at radius 3 is 2.43 bits per heavy atom. The maximum atomic E-state index is 13.2. The maximum absolute atomic E-state index is 13.2. The van der Waals surface area contributed by atoms with E-state index in [2.05, 4.69) is 5.32 Å². The molecule has 1 saturated heterocycles. The molecule has 1 aliphatic heterocycles. The summed E-state index contributed by atoms with van der Waals surface area (Å²) < 4.78 is 28.8. The maximum Gasteiger partial charge on any atom is 0.451 e. The first kappa shape index (κ1) is 25.0. The molecule has 5 atom stereocenters. The normalized spacial score (nSPS) is 30.3. The van der Waals surface area contributed by atoms with Crippen molar-refractivity contribution < 1.29 is 33.2 Å². The molecule has 172 valence electrons. The van der Waals surface area contributed by atoms with Crippen LogP contribution in [0, 0.1) is 5.92 Å². The molecule has 0 aromatic rings. The zero-order valence-corrected chi connectivity index (χ0v) is 18.1. The van der Waals surface area contributed by atoms with E-state index in [1.165, 1.54) is 11.2 Å². The van der Waals surface area contributed by atoms with Gasteiger partial charge in [0.15, 0.2) is 5.54 Å². The van der Waals surface area contributed by atoms with Crippen molar-refractivity contribution in [1.82, 2.24) is 13.9 Å². The Bertz CT molecular complexity index is 752. The van der Waals surface area contributed by atoms with Crippen molar-refractivity contribution in [3.05, 3.63) is 0 Å². The summed E-state index contributed by atoms with van der Waals surface area (Å²) in [5, 5.41) is 30.6. The number of carbonyl (C=O) groups excluding carboxylic acids is 1. The van der Waals surface area contributed by atoms with Crippen LogP contribution in [0.25, 0.3) is 0 Å². The standard InChI is InChI=1S/C16H32BN5O7S/c1-3-22(13-7-12(13)19)30(28,29)21-8-11(5-4-6-17(26)27)16(9-21,15(24)25)20-14(23)10(2)18/h10-13,26-27H,3-9,18-19H2,1-2H3,(H,20,23)(H,24,25)/t10-,11-,12+,13+,16-/m0/s1. The highest BCUT2D eigenvalue weighted by atomic mass is 32.2. The molecule has 1 saturated carbocycles. The van der Waals surface area contributed by atoms with Crippen LogP contribution in [0.3, 0.4) is 0 Å². The number of hydrogen-bond donors (Lipinski definition) is 6. The van der Waals surface area contributed by atoms with Crippen molar-refractivity contribution in [2.45, 2.75) is 63.1 Å². The van der Waals surface area contributed by atoms with Gasteiger partial charge in [0.05, 0.1) is 6.04 Å². The van der Waals surface area contributed by atoms with Crippen molar-refractivity contribution in [2.75, 3.05) is 19.6 Å². The Morgan fingerprint density at radius 1 is 1.40 bits per heavy atom. The highest BCUT2D eigenvalue weighted by Gasteiger charge is 2.58. The van der Waals surface area contributed by atoms with Crippen LogP contribution in [0.4, 0.5) is 0 Å². The molecule has 14 heteroatoms. The first-order chi connectivity index (χ1) is 13.9. The number of rotatable bonds is 11. The van der Waals surface area contributed by atoms with Crippen molar-refractivity contribution in [3.63, 3.8) is 0 Å². The van der Waals surface area contributed by atoms with Gasteiger partial charge in [0.25, 0.3) is 10.2 Å². The Labute approximate surface area is 176 Å². The number of carbonyl (C=O) groups is 2. The number of carboxylic acids is 1. The molecule has 0 unspecified atom stereocenters. The first-order valence-corrected chi connectivity index (χ1v) is 11.5. The van der Waals surface area contributed by atoms with Crippen LogP contribution in [-0.2, 0) is 19.8 Å². The summed E-state index contributed by atoms with van der Waals surface area (Å²) in [6, 6.07) is -1.57. The van der Waals surface area contributed by atoms with Gasteiger partial charge in [-0.15, -0.1) is 0 Å². The lowest BCUT2D eigenvalue weighted by Gasteiger charge is -2.32. The average molecular weight is 449 g/mol. The van der Waals surface area contributed by atoms with Gasteiger partial charge in [0, 0.05) is 37.6 Å². The first-order valence-electron chi connectivity index (χ1n) is 10.1. The highest BCUT2D eigenvalue weighted by molar-refractivity contribution is 7.86. The van der Waals surface area contributed by atoms with Crippen molar-refractivity contribution in [2.24, 2.45) is 17.4 Å². The van der Waals surface area contributed by atoms with Gasteiger partial charge >= 0.3 is 13.1 Å².